The highest BCUT2D eigenvalue weighted by molar-refractivity contribution is 5.18. The molecule has 62 valence electrons. The maximum atomic E-state index is 4.99. The minimum atomic E-state index is 0.579. The van der Waals surface area contributed by atoms with E-state index in [1.807, 2.05) is 0 Å². The molecule has 0 saturated heterocycles. The van der Waals surface area contributed by atoms with Gasteiger partial charge in [0.2, 0.25) is 0 Å². The predicted molar refractivity (Wildman–Crippen MR) is 40.1 cm³/mol. The quantitative estimate of drug-likeness (QED) is 0.663. The topological polar surface area (TPSA) is 31.6 Å². The Kier molecular flexibility index (Phi) is 3.14. The SMILES string of the molecule is COCc1cocc1COC. The van der Waals surface area contributed by atoms with Crippen molar-refractivity contribution in [3.8, 4) is 0 Å². The first-order valence-electron chi connectivity index (χ1n) is 3.40. The largest absolute Gasteiger partial charge is 0.472 e. The van der Waals surface area contributed by atoms with Gasteiger partial charge in [0.1, 0.15) is 0 Å². The number of furan rings is 1. The van der Waals surface area contributed by atoms with Crippen LogP contribution in [0.25, 0.3) is 0 Å². The van der Waals surface area contributed by atoms with Crippen molar-refractivity contribution >= 4 is 0 Å². The summed E-state index contributed by atoms with van der Waals surface area (Å²) in [6, 6.07) is 0. The molecule has 0 N–H and O–H groups in total. The molecular weight excluding hydrogens is 144 g/mol. The summed E-state index contributed by atoms with van der Waals surface area (Å²) in [5, 5.41) is 0. The molecular formula is C8H12O3. The van der Waals surface area contributed by atoms with E-state index >= 15 is 0 Å². The van der Waals surface area contributed by atoms with Gasteiger partial charge in [0.15, 0.2) is 0 Å². The average Bonchev–Trinajstić information content (AvgIpc) is 2.39. The van der Waals surface area contributed by atoms with Gasteiger partial charge in [-0.3, -0.25) is 0 Å². The fourth-order valence-corrected chi connectivity index (χ4v) is 0.914. The van der Waals surface area contributed by atoms with Crippen molar-refractivity contribution in [1.29, 1.82) is 0 Å². The molecule has 0 aromatic carbocycles. The van der Waals surface area contributed by atoms with Gasteiger partial charge in [-0.25, -0.2) is 0 Å². The van der Waals surface area contributed by atoms with Gasteiger partial charge in [-0.15, -0.1) is 0 Å². The van der Waals surface area contributed by atoms with E-state index in [2.05, 4.69) is 0 Å². The van der Waals surface area contributed by atoms with Crippen LogP contribution in [0.5, 0.6) is 0 Å². The van der Waals surface area contributed by atoms with Crippen molar-refractivity contribution in [3.63, 3.8) is 0 Å². The van der Waals surface area contributed by atoms with Crippen LogP contribution < -0.4 is 0 Å². The van der Waals surface area contributed by atoms with Crippen LogP contribution in [-0.4, -0.2) is 14.2 Å². The second-order valence-electron chi connectivity index (χ2n) is 2.29. The smallest absolute Gasteiger partial charge is 0.0961 e. The maximum Gasteiger partial charge on any atom is 0.0961 e. The lowest BCUT2D eigenvalue weighted by Crippen LogP contribution is -1.92. The average molecular weight is 156 g/mol. The first kappa shape index (κ1) is 8.30. The van der Waals surface area contributed by atoms with E-state index < -0.39 is 0 Å². The second kappa shape index (κ2) is 4.16. The molecule has 0 aliphatic carbocycles. The summed E-state index contributed by atoms with van der Waals surface area (Å²) in [6.45, 7) is 1.16. The van der Waals surface area contributed by atoms with Gasteiger partial charge >= 0.3 is 0 Å². The lowest BCUT2D eigenvalue weighted by atomic mass is 10.2. The Morgan fingerprint density at radius 3 is 1.91 bits per heavy atom. The summed E-state index contributed by atoms with van der Waals surface area (Å²) in [4.78, 5) is 0. The van der Waals surface area contributed by atoms with Gasteiger partial charge in [0.25, 0.3) is 0 Å². The zero-order valence-electron chi connectivity index (χ0n) is 6.79. The highest BCUT2D eigenvalue weighted by Gasteiger charge is 2.03. The third-order valence-corrected chi connectivity index (χ3v) is 1.43. The zero-order chi connectivity index (χ0) is 8.10. The van der Waals surface area contributed by atoms with Crippen molar-refractivity contribution in [2.24, 2.45) is 0 Å². The Morgan fingerprint density at radius 1 is 1.09 bits per heavy atom. The predicted octanol–water partition coefficient (Wildman–Crippen LogP) is 1.57. The van der Waals surface area contributed by atoms with Crippen LogP contribution in [0.2, 0.25) is 0 Å². The summed E-state index contributed by atoms with van der Waals surface area (Å²) in [7, 11) is 3.31. The molecule has 0 aliphatic rings. The zero-order valence-corrected chi connectivity index (χ0v) is 6.79. The first-order valence-corrected chi connectivity index (χ1v) is 3.40. The summed E-state index contributed by atoms with van der Waals surface area (Å²) >= 11 is 0. The van der Waals surface area contributed by atoms with E-state index in [9.17, 15) is 0 Å². The first-order chi connectivity index (χ1) is 5.38. The second-order valence-corrected chi connectivity index (χ2v) is 2.29. The van der Waals surface area contributed by atoms with Gasteiger partial charge < -0.3 is 13.9 Å². The molecule has 0 unspecified atom stereocenters. The van der Waals surface area contributed by atoms with E-state index in [0.717, 1.165) is 11.1 Å². The molecule has 0 amide bonds. The highest BCUT2D eigenvalue weighted by Crippen LogP contribution is 2.11. The molecule has 1 heterocycles. The molecule has 0 spiro atoms. The Bertz CT molecular complexity index is 184. The van der Waals surface area contributed by atoms with Crippen LogP contribution in [-0.2, 0) is 22.7 Å². The molecule has 0 aliphatic heterocycles. The van der Waals surface area contributed by atoms with E-state index in [1.54, 1.807) is 26.7 Å². The maximum absolute atomic E-state index is 4.99. The molecule has 11 heavy (non-hydrogen) atoms. The van der Waals surface area contributed by atoms with Crippen molar-refractivity contribution in [2.75, 3.05) is 14.2 Å². The fourth-order valence-electron chi connectivity index (χ4n) is 0.914. The molecule has 0 fully saturated rings. The summed E-state index contributed by atoms with van der Waals surface area (Å²) in [5.41, 5.74) is 2.10. The molecule has 1 rings (SSSR count). The molecule has 0 saturated carbocycles. The lowest BCUT2D eigenvalue weighted by Gasteiger charge is -1.98. The number of rotatable bonds is 4. The van der Waals surface area contributed by atoms with Gasteiger partial charge in [-0.1, -0.05) is 0 Å². The molecule has 1 aromatic heterocycles. The Labute approximate surface area is 65.9 Å². The monoisotopic (exact) mass is 156 g/mol. The standard InChI is InChI=1S/C8H12O3/c1-9-3-7-5-11-6-8(7)4-10-2/h5-6H,3-4H2,1-2H3. The Hall–Kier alpha value is -0.800. The van der Waals surface area contributed by atoms with Crippen molar-refractivity contribution in [3.05, 3.63) is 23.7 Å². The number of ether oxygens (including phenoxy) is 2. The molecule has 0 atom stereocenters. The van der Waals surface area contributed by atoms with Crippen LogP contribution in [0.3, 0.4) is 0 Å². The van der Waals surface area contributed by atoms with Crippen LogP contribution in [0.1, 0.15) is 11.1 Å². The van der Waals surface area contributed by atoms with Gasteiger partial charge in [0.05, 0.1) is 25.7 Å². The minimum Gasteiger partial charge on any atom is -0.472 e. The molecule has 3 heteroatoms. The minimum absolute atomic E-state index is 0.579. The molecule has 0 bridgehead atoms. The number of hydrogen-bond acceptors (Lipinski definition) is 3. The van der Waals surface area contributed by atoms with Crippen LogP contribution in [0.15, 0.2) is 16.9 Å². The van der Waals surface area contributed by atoms with Crippen LogP contribution in [0.4, 0.5) is 0 Å². The summed E-state index contributed by atoms with van der Waals surface area (Å²) in [5.74, 6) is 0. The van der Waals surface area contributed by atoms with Crippen LogP contribution >= 0.6 is 0 Å². The summed E-state index contributed by atoms with van der Waals surface area (Å²) < 4.78 is 14.9. The van der Waals surface area contributed by atoms with Crippen molar-refractivity contribution < 1.29 is 13.9 Å². The van der Waals surface area contributed by atoms with Gasteiger partial charge in [-0.2, -0.15) is 0 Å². The number of methoxy groups -OCH3 is 2. The third-order valence-electron chi connectivity index (χ3n) is 1.43. The molecule has 3 nitrogen and oxygen atoms in total. The van der Waals surface area contributed by atoms with E-state index in [-0.39, 0.29) is 0 Å². The van der Waals surface area contributed by atoms with E-state index in [4.69, 9.17) is 13.9 Å². The number of hydrogen-bond donors (Lipinski definition) is 0. The van der Waals surface area contributed by atoms with Gasteiger partial charge in [0, 0.05) is 25.3 Å². The summed E-state index contributed by atoms with van der Waals surface area (Å²) in [6.07, 6.45) is 3.36. The lowest BCUT2D eigenvalue weighted by molar-refractivity contribution is 0.169. The normalized spacial score (nSPS) is 10.4. The highest BCUT2D eigenvalue weighted by atomic mass is 16.5. The molecule has 0 radical (unpaired) electrons. The molecule has 1 aromatic rings. The van der Waals surface area contributed by atoms with Crippen LogP contribution in [0, 0.1) is 0 Å². The van der Waals surface area contributed by atoms with Gasteiger partial charge in [-0.05, 0) is 0 Å². The van der Waals surface area contributed by atoms with E-state index in [1.165, 1.54) is 0 Å². The Balaban J connectivity index is 2.62. The fraction of sp³-hybridized carbons (Fsp3) is 0.500. The third kappa shape index (κ3) is 2.06. The van der Waals surface area contributed by atoms with E-state index in [0.29, 0.717) is 13.2 Å². The van der Waals surface area contributed by atoms with Crippen molar-refractivity contribution in [1.82, 2.24) is 0 Å². The Morgan fingerprint density at radius 2 is 1.55 bits per heavy atom. The van der Waals surface area contributed by atoms with Crippen molar-refractivity contribution in [2.45, 2.75) is 13.2 Å².